The van der Waals surface area contributed by atoms with Crippen molar-refractivity contribution in [3.8, 4) is 0 Å². The molecular weight excluding hydrogens is 592 g/mol. The van der Waals surface area contributed by atoms with Crippen LogP contribution in [-0.2, 0) is 23.7 Å². The Kier molecular flexibility index (Phi) is 10.9. The maximum Gasteiger partial charge on any atom is 0.309 e. The molecule has 254 valence electrons. The first-order valence-corrected chi connectivity index (χ1v) is 15.4. The zero-order chi connectivity index (χ0) is 32.0. The molecule has 15 atom stereocenters. The quantitative estimate of drug-likeness (QED) is 0.122. The van der Waals surface area contributed by atoms with Crippen molar-refractivity contribution in [2.24, 2.45) is 17.8 Å². The third-order valence-corrected chi connectivity index (χ3v) is 10.1. The van der Waals surface area contributed by atoms with E-state index in [9.17, 15) is 61.0 Å². The van der Waals surface area contributed by atoms with Crippen LogP contribution in [0.1, 0.15) is 44.9 Å². The monoisotopic (exact) mass is 638 g/mol. The SMILES string of the molecule is O=C(O[C@H]1[C@H](OC2CC3C(O)CC(O)CC3OC2C2CC(O)C(O)C(O)C2)O[C@H](CO)[C@H](O)[C@@H]1O)C1CC(O)C(O)C(O)C1. The van der Waals surface area contributed by atoms with Crippen LogP contribution in [0.4, 0.5) is 0 Å². The van der Waals surface area contributed by atoms with Gasteiger partial charge in [-0.3, -0.25) is 4.79 Å². The predicted molar refractivity (Wildman–Crippen MR) is 142 cm³/mol. The van der Waals surface area contributed by atoms with Crippen molar-refractivity contribution in [3.05, 3.63) is 0 Å². The Morgan fingerprint density at radius 3 is 1.84 bits per heavy atom. The molecule has 11 N–H and O–H groups in total. The lowest BCUT2D eigenvalue weighted by Crippen LogP contribution is -2.63. The van der Waals surface area contributed by atoms with Gasteiger partial charge in [0.1, 0.15) is 30.5 Å². The van der Waals surface area contributed by atoms with Crippen LogP contribution < -0.4 is 0 Å². The van der Waals surface area contributed by atoms with Gasteiger partial charge in [-0.15, -0.1) is 0 Å². The summed E-state index contributed by atoms with van der Waals surface area (Å²) < 4.78 is 23.9. The summed E-state index contributed by atoms with van der Waals surface area (Å²) in [5.41, 5.74) is 0. The van der Waals surface area contributed by atoms with E-state index in [4.69, 9.17) is 18.9 Å². The molecule has 16 heteroatoms. The van der Waals surface area contributed by atoms with E-state index in [1.54, 1.807) is 0 Å². The average Bonchev–Trinajstić information content (AvgIpc) is 2.97. The minimum Gasteiger partial charge on any atom is -0.454 e. The fraction of sp³-hybridized carbons (Fsp3) is 0.964. The van der Waals surface area contributed by atoms with E-state index in [-0.39, 0.29) is 44.9 Å². The molecule has 3 aliphatic carbocycles. The number of aliphatic hydroxyl groups is 11. The molecule has 10 unspecified atom stereocenters. The van der Waals surface area contributed by atoms with Gasteiger partial charge in [0.05, 0.1) is 67.5 Å². The standard InChI is InChI=1S/C28H46O16/c29-8-20-23(38)24(39)26(44-27(40)10-3-16(34)22(37)17(35)4-10)28(43-20)42-19-7-12-13(31)5-11(30)6-18(12)41-25(19)9-1-14(32)21(36)15(33)2-9/h9-26,28-39H,1-8H2/t9?,10?,11?,12?,13?,14?,15?,16?,17?,18?,19?,20-,21?,22?,23+,24+,25?,26-,28-/m1/s1. The number of aliphatic hydroxyl groups excluding tert-OH is 11. The molecule has 0 spiro atoms. The largest absolute Gasteiger partial charge is 0.454 e. The van der Waals surface area contributed by atoms with Gasteiger partial charge in [-0.25, -0.2) is 0 Å². The molecule has 5 fully saturated rings. The molecule has 0 amide bonds. The summed E-state index contributed by atoms with van der Waals surface area (Å²) in [6, 6.07) is 0. The summed E-state index contributed by atoms with van der Waals surface area (Å²) in [4.78, 5) is 13.1. The fourth-order valence-electron chi connectivity index (χ4n) is 7.57. The summed E-state index contributed by atoms with van der Waals surface area (Å²) in [5.74, 6) is -3.12. The predicted octanol–water partition coefficient (Wildman–Crippen LogP) is -5.00. The first kappa shape index (κ1) is 34.3. The van der Waals surface area contributed by atoms with Crippen LogP contribution >= 0.6 is 0 Å². The molecule has 5 rings (SSSR count). The highest BCUT2D eigenvalue weighted by Crippen LogP contribution is 2.43. The van der Waals surface area contributed by atoms with Crippen molar-refractivity contribution in [1.82, 2.24) is 0 Å². The zero-order valence-corrected chi connectivity index (χ0v) is 24.1. The van der Waals surface area contributed by atoms with Crippen LogP contribution in [0.5, 0.6) is 0 Å². The zero-order valence-electron chi connectivity index (χ0n) is 24.1. The summed E-state index contributed by atoms with van der Waals surface area (Å²) >= 11 is 0. The molecule has 0 radical (unpaired) electrons. The minimum atomic E-state index is -1.81. The van der Waals surface area contributed by atoms with Crippen LogP contribution in [0.3, 0.4) is 0 Å². The van der Waals surface area contributed by atoms with Crippen LogP contribution in [-0.4, -0.2) is 167 Å². The van der Waals surface area contributed by atoms with Gasteiger partial charge in [0.15, 0.2) is 12.4 Å². The number of carbonyl (C=O) groups excluding carboxylic acids is 1. The van der Waals surface area contributed by atoms with E-state index >= 15 is 0 Å². The number of fused-ring (bicyclic) bond motifs is 1. The van der Waals surface area contributed by atoms with Crippen LogP contribution in [0.2, 0.25) is 0 Å². The van der Waals surface area contributed by atoms with Gasteiger partial charge in [0.25, 0.3) is 0 Å². The molecule has 0 aromatic rings. The van der Waals surface area contributed by atoms with Crippen molar-refractivity contribution >= 4 is 5.97 Å². The normalized spacial score (nSPS) is 53.5. The topological polar surface area (TPSA) is 277 Å². The molecular formula is C28H46O16. The second-order valence-corrected chi connectivity index (χ2v) is 13.2. The van der Waals surface area contributed by atoms with Gasteiger partial charge >= 0.3 is 5.97 Å². The van der Waals surface area contributed by atoms with E-state index in [2.05, 4.69) is 0 Å². The first-order chi connectivity index (χ1) is 20.8. The fourth-order valence-corrected chi connectivity index (χ4v) is 7.57. The highest BCUT2D eigenvalue weighted by atomic mass is 16.7. The summed E-state index contributed by atoms with van der Waals surface area (Å²) in [6.07, 6.45) is -20.5. The Hall–Kier alpha value is -1.09. The van der Waals surface area contributed by atoms with E-state index in [1.807, 2.05) is 0 Å². The van der Waals surface area contributed by atoms with E-state index in [1.165, 1.54) is 0 Å². The molecule has 2 aliphatic heterocycles. The number of rotatable bonds is 6. The number of hydrogen-bond donors (Lipinski definition) is 11. The van der Waals surface area contributed by atoms with Crippen molar-refractivity contribution in [1.29, 1.82) is 0 Å². The molecule has 44 heavy (non-hydrogen) atoms. The molecule has 2 heterocycles. The smallest absolute Gasteiger partial charge is 0.309 e. The van der Waals surface area contributed by atoms with Crippen LogP contribution in [0, 0.1) is 17.8 Å². The maximum atomic E-state index is 13.1. The minimum absolute atomic E-state index is 0.0218. The maximum absolute atomic E-state index is 13.1. The lowest BCUT2D eigenvalue weighted by molar-refractivity contribution is -0.336. The number of carbonyl (C=O) groups is 1. The van der Waals surface area contributed by atoms with Crippen molar-refractivity contribution in [3.63, 3.8) is 0 Å². The van der Waals surface area contributed by atoms with Crippen LogP contribution in [0.15, 0.2) is 0 Å². The van der Waals surface area contributed by atoms with Crippen LogP contribution in [0.25, 0.3) is 0 Å². The second kappa shape index (κ2) is 13.9. The lowest BCUT2D eigenvalue weighted by atomic mass is 9.72. The average molecular weight is 639 g/mol. The Bertz CT molecular complexity index is 948. The molecule has 0 bridgehead atoms. The van der Waals surface area contributed by atoms with Gasteiger partial charge in [-0.05, 0) is 50.9 Å². The Balaban J connectivity index is 1.39. The molecule has 3 saturated carbocycles. The Morgan fingerprint density at radius 1 is 0.659 bits per heavy atom. The van der Waals surface area contributed by atoms with Gasteiger partial charge < -0.3 is 75.1 Å². The third kappa shape index (κ3) is 6.94. The lowest BCUT2D eigenvalue weighted by Gasteiger charge is -2.51. The second-order valence-electron chi connectivity index (χ2n) is 13.2. The highest BCUT2D eigenvalue weighted by molar-refractivity contribution is 5.73. The molecule has 5 aliphatic rings. The van der Waals surface area contributed by atoms with Crippen molar-refractivity contribution in [2.45, 2.75) is 143 Å². The van der Waals surface area contributed by atoms with E-state index < -0.39 is 128 Å². The molecule has 2 saturated heterocycles. The summed E-state index contributed by atoms with van der Waals surface area (Å²) in [6.45, 7) is -0.734. The van der Waals surface area contributed by atoms with Gasteiger partial charge in [0.2, 0.25) is 0 Å². The summed E-state index contributed by atoms with van der Waals surface area (Å²) in [5, 5.41) is 113. The van der Waals surface area contributed by atoms with E-state index in [0.717, 1.165) is 0 Å². The molecule has 0 aromatic heterocycles. The highest BCUT2D eigenvalue weighted by Gasteiger charge is 2.54. The van der Waals surface area contributed by atoms with Crippen molar-refractivity contribution < 1.29 is 79.9 Å². The molecule has 16 nitrogen and oxygen atoms in total. The van der Waals surface area contributed by atoms with Gasteiger partial charge in [0, 0.05) is 5.92 Å². The Morgan fingerprint density at radius 2 is 1.25 bits per heavy atom. The summed E-state index contributed by atoms with van der Waals surface area (Å²) in [7, 11) is 0. The molecule has 0 aromatic carbocycles. The first-order valence-electron chi connectivity index (χ1n) is 15.4. The van der Waals surface area contributed by atoms with E-state index in [0.29, 0.717) is 0 Å². The van der Waals surface area contributed by atoms with Gasteiger partial charge in [-0.1, -0.05) is 0 Å². The number of esters is 1. The number of ether oxygens (including phenoxy) is 4. The number of hydrogen-bond acceptors (Lipinski definition) is 16. The third-order valence-electron chi connectivity index (χ3n) is 10.1. The van der Waals surface area contributed by atoms with Gasteiger partial charge in [-0.2, -0.15) is 0 Å². The van der Waals surface area contributed by atoms with Crippen molar-refractivity contribution in [2.75, 3.05) is 6.61 Å². The Labute approximate surface area is 253 Å².